The molecular formula is C10H14N4O3. The van der Waals surface area contributed by atoms with Crippen LogP contribution in [0.2, 0.25) is 0 Å². The van der Waals surface area contributed by atoms with E-state index in [0.717, 1.165) is 0 Å². The number of rotatable bonds is 4. The van der Waals surface area contributed by atoms with Gasteiger partial charge in [0.1, 0.15) is 5.82 Å². The Morgan fingerprint density at radius 1 is 1.53 bits per heavy atom. The van der Waals surface area contributed by atoms with Gasteiger partial charge < -0.3 is 10.0 Å². The smallest absolute Gasteiger partial charge is 0.307 e. The maximum atomic E-state index is 11.8. The number of H-pyrrole nitrogens is 1. The van der Waals surface area contributed by atoms with E-state index in [2.05, 4.69) is 15.2 Å². The maximum absolute atomic E-state index is 11.8. The first-order chi connectivity index (χ1) is 7.99. The van der Waals surface area contributed by atoms with Crippen molar-refractivity contribution < 1.29 is 14.7 Å². The molecule has 2 unspecified atom stereocenters. The SMILES string of the molecule is Cc1nc(CN(C)C(=O)C2CC2C(=O)O)n[nH]1. The molecule has 0 aliphatic heterocycles. The second-order valence-corrected chi connectivity index (χ2v) is 4.32. The van der Waals surface area contributed by atoms with Crippen LogP contribution in [0.25, 0.3) is 0 Å². The van der Waals surface area contributed by atoms with Gasteiger partial charge in [0.2, 0.25) is 5.91 Å². The topological polar surface area (TPSA) is 99.2 Å². The summed E-state index contributed by atoms with van der Waals surface area (Å²) in [6, 6.07) is 0. The van der Waals surface area contributed by atoms with E-state index in [9.17, 15) is 9.59 Å². The summed E-state index contributed by atoms with van der Waals surface area (Å²) in [5, 5.41) is 15.4. The third-order valence-electron chi connectivity index (χ3n) is 2.82. The third-order valence-corrected chi connectivity index (χ3v) is 2.82. The fourth-order valence-corrected chi connectivity index (χ4v) is 1.77. The van der Waals surface area contributed by atoms with Crippen LogP contribution in [0, 0.1) is 18.8 Å². The van der Waals surface area contributed by atoms with Gasteiger partial charge in [-0.05, 0) is 13.3 Å². The molecule has 7 heteroatoms. The number of aryl methyl sites for hydroxylation is 1. The monoisotopic (exact) mass is 238 g/mol. The van der Waals surface area contributed by atoms with E-state index in [-0.39, 0.29) is 11.8 Å². The van der Waals surface area contributed by atoms with Gasteiger partial charge in [-0.2, -0.15) is 5.10 Å². The highest BCUT2D eigenvalue weighted by atomic mass is 16.4. The molecule has 1 heterocycles. The Morgan fingerprint density at radius 3 is 2.71 bits per heavy atom. The Morgan fingerprint density at radius 2 is 2.24 bits per heavy atom. The van der Waals surface area contributed by atoms with E-state index in [0.29, 0.717) is 24.6 Å². The maximum Gasteiger partial charge on any atom is 0.307 e. The van der Waals surface area contributed by atoms with Crippen LogP contribution in [0.1, 0.15) is 18.1 Å². The molecular weight excluding hydrogens is 224 g/mol. The van der Waals surface area contributed by atoms with Gasteiger partial charge in [-0.3, -0.25) is 14.7 Å². The summed E-state index contributed by atoms with van der Waals surface area (Å²) in [6.07, 6.45) is 0.436. The minimum absolute atomic E-state index is 0.153. The van der Waals surface area contributed by atoms with Crippen LogP contribution in [-0.2, 0) is 16.1 Å². The van der Waals surface area contributed by atoms with E-state index >= 15 is 0 Å². The Balaban J connectivity index is 1.91. The van der Waals surface area contributed by atoms with Crippen LogP contribution in [0.3, 0.4) is 0 Å². The van der Waals surface area contributed by atoms with Crippen LogP contribution in [-0.4, -0.2) is 44.1 Å². The van der Waals surface area contributed by atoms with Gasteiger partial charge in [0.25, 0.3) is 0 Å². The Kier molecular flexibility index (Phi) is 2.83. The lowest BCUT2D eigenvalue weighted by Gasteiger charge is -2.14. The average molecular weight is 238 g/mol. The number of hydrogen-bond donors (Lipinski definition) is 2. The van der Waals surface area contributed by atoms with Crippen LogP contribution in [0.4, 0.5) is 0 Å². The van der Waals surface area contributed by atoms with Crippen LogP contribution < -0.4 is 0 Å². The number of aromatic nitrogens is 3. The number of nitrogens with zero attached hydrogens (tertiary/aromatic N) is 3. The number of aromatic amines is 1. The third kappa shape index (κ3) is 2.43. The molecule has 2 N–H and O–H groups in total. The largest absolute Gasteiger partial charge is 0.481 e. The summed E-state index contributed by atoms with van der Waals surface area (Å²) >= 11 is 0. The zero-order valence-electron chi connectivity index (χ0n) is 9.67. The van der Waals surface area contributed by atoms with E-state index in [4.69, 9.17) is 5.11 Å². The first kappa shape index (κ1) is 11.6. The number of carbonyl (C=O) groups excluding carboxylic acids is 1. The molecule has 7 nitrogen and oxygen atoms in total. The van der Waals surface area contributed by atoms with E-state index in [1.54, 1.807) is 14.0 Å². The zero-order chi connectivity index (χ0) is 12.6. The van der Waals surface area contributed by atoms with Crippen LogP contribution in [0.5, 0.6) is 0 Å². The highest BCUT2D eigenvalue weighted by Crippen LogP contribution is 2.39. The molecule has 1 fully saturated rings. The normalized spacial score (nSPS) is 22.2. The highest BCUT2D eigenvalue weighted by Gasteiger charge is 2.49. The number of hydrogen-bond acceptors (Lipinski definition) is 4. The van der Waals surface area contributed by atoms with Gasteiger partial charge in [0.15, 0.2) is 5.82 Å². The molecule has 17 heavy (non-hydrogen) atoms. The number of carbonyl (C=O) groups is 2. The van der Waals surface area contributed by atoms with E-state index in [1.807, 2.05) is 0 Å². The van der Waals surface area contributed by atoms with Crippen molar-refractivity contribution >= 4 is 11.9 Å². The van der Waals surface area contributed by atoms with Crippen molar-refractivity contribution in [3.05, 3.63) is 11.6 Å². The second-order valence-electron chi connectivity index (χ2n) is 4.32. The van der Waals surface area contributed by atoms with Gasteiger partial charge in [0, 0.05) is 7.05 Å². The molecule has 0 radical (unpaired) electrons. The molecule has 0 aromatic carbocycles. The molecule has 1 aromatic heterocycles. The molecule has 0 bridgehead atoms. The lowest BCUT2D eigenvalue weighted by molar-refractivity contribution is -0.141. The van der Waals surface area contributed by atoms with Crippen molar-refractivity contribution in [3.8, 4) is 0 Å². The second kappa shape index (κ2) is 4.15. The predicted molar refractivity (Wildman–Crippen MR) is 56.8 cm³/mol. The van der Waals surface area contributed by atoms with Gasteiger partial charge >= 0.3 is 5.97 Å². The predicted octanol–water partition coefficient (Wildman–Crippen LogP) is -0.208. The van der Waals surface area contributed by atoms with Crippen molar-refractivity contribution in [3.63, 3.8) is 0 Å². The van der Waals surface area contributed by atoms with Gasteiger partial charge in [-0.15, -0.1) is 0 Å². The number of carboxylic acids is 1. The minimum atomic E-state index is -0.898. The quantitative estimate of drug-likeness (QED) is 0.756. The molecule has 1 aromatic rings. The highest BCUT2D eigenvalue weighted by molar-refractivity contribution is 5.89. The molecule has 1 amide bonds. The molecule has 0 spiro atoms. The summed E-state index contributed by atoms with van der Waals surface area (Å²) in [5.41, 5.74) is 0. The summed E-state index contributed by atoms with van der Waals surface area (Å²) in [7, 11) is 1.63. The Hall–Kier alpha value is -1.92. The zero-order valence-corrected chi connectivity index (χ0v) is 9.67. The van der Waals surface area contributed by atoms with Gasteiger partial charge in [0.05, 0.1) is 18.4 Å². The molecule has 0 saturated heterocycles. The van der Waals surface area contributed by atoms with Crippen molar-refractivity contribution in [1.29, 1.82) is 0 Å². The molecule has 92 valence electrons. The molecule has 2 atom stereocenters. The minimum Gasteiger partial charge on any atom is -0.481 e. The lowest BCUT2D eigenvalue weighted by Crippen LogP contribution is -2.29. The number of carboxylic acid groups (broad SMARTS) is 1. The fourth-order valence-electron chi connectivity index (χ4n) is 1.77. The first-order valence-corrected chi connectivity index (χ1v) is 5.34. The van der Waals surface area contributed by atoms with Crippen LogP contribution >= 0.6 is 0 Å². The van der Waals surface area contributed by atoms with Crippen molar-refractivity contribution in [2.24, 2.45) is 11.8 Å². The van der Waals surface area contributed by atoms with E-state index < -0.39 is 11.9 Å². The van der Waals surface area contributed by atoms with Crippen molar-refractivity contribution in [2.75, 3.05) is 7.05 Å². The molecule has 1 aliphatic rings. The Labute approximate surface area is 97.8 Å². The fraction of sp³-hybridized carbons (Fsp3) is 0.600. The number of amides is 1. The Bertz CT molecular complexity index is 456. The summed E-state index contributed by atoms with van der Waals surface area (Å²) in [4.78, 5) is 28.0. The van der Waals surface area contributed by atoms with E-state index in [1.165, 1.54) is 4.90 Å². The number of nitrogens with one attached hydrogen (secondary N) is 1. The molecule has 1 aliphatic carbocycles. The lowest BCUT2D eigenvalue weighted by atomic mass is 10.3. The standard InChI is InChI=1S/C10H14N4O3/c1-5-11-8(13-12-5)4-14(2)9(15)6-3-7(6)10(16)17/h6-7H,3-4H2,1-2H3,(H,16,17)(H,11,12,13). The van der Waals surface area contributed by atoms with Crippen molar-refractivity contribution in [1.82, 2.24) is 20.1 Å². The van der Waals surface area contributed by atoms with Gasteiger partial charge in [-0.1, -0.05) is 0 Å². The molecule has 1 saturated carbocycles. The average Bonchev–Trinajstić information content (AvgIpc) is 2.96. The number of aliphatic carboxylic acids is 1. The molecule has 2 rings (SSSR count). The summed E-state index contributed by atoms with van der Waals surface area (Å²) < 4.78 is 0. The van der Waals surface area contributed by atoms with Crippen LogP contribution in [0.15, 0.2) is 0 Å². The summed E-state index contributed by atoms with van der Waals surface area (Å²) in [6.45, 7) is 2.08. The van der Waals surface area contributed by atoms with Crippen molar-refractivity contribution in [2.45, 2.75) is 19.9 Å². The first-order valence-electron chi connectivity index (χ1n) is 5.34. The summed E-state index contributed by atoms with van der Waals surface area (Å²) in [5.74, 6) is -0.719. The van der Waals surface area contributed by atoms with Gasteiger partial charge in [-0.25, -0.2) is 4.98 Å².